The highest BCUT2D eigenvalue weighted by Crippen LogP contribution is 2.19. The zero-order valence-electron chi connectivity index (χ0n) is 10.2. The van der Waals surface area contributed by atoms with Gasteiger partial charge in [0.1, 0.15) is 11.6 Å². The van der Waals surface area contributed by atoms with E-state index >= 15 is 0 Å². The lowest BCUT2D eigenvalue weighted by molar-refractivity contribution is -0.384. The summed E-state index contributed by atoms with van der Waals surface area (Å²) in [6.07, 6.45) is 0. The van der Waals surface area contributed by atoms with Crippen LogP contribution in [-0.4, -0.2) is 36.0 Å². The van der Waals surface area contributed by atoms with Crippen LogP contribution in [0.3, 0.4) is 0 Å². The molecule has 0 bridgehead atoms. The molecule has 0 unspecified atom stereocenters. The number of rotatable bonds is 6. The third kappa shape index (κ3) is 3.89. The summed E-state index contributed by atoms with van der Waals surface area (Å²) in [5.41, 5.74) is -0.0900. The quantitative estimate of drug-likeness (QED) is 0.505. The zero-order valence-corrected chi connectivity index (χ0v) is 10.2. The number of nitrogens with zero attached hydrogens (tertiary/aromatic N) is 2. The first kappa shape index (κ1) is 13.7. The second-order valence-electron chi connectivity index (χ2n) is 3.41. The van der Waals surface area contributed by atoms with Gasteiger partial charge in [0.2, 0.25) is 5.91 Å². The van der Waals surface area contributed by atoms with Crippen LogP contribution in [0, 0.1) is 10.1 Å². The molecule has 0 radical (unpaired) electrons. The molecule has 0 aromatic carbocycles. The lowest BCUT2D eigenvalue weighted by atomic mass is 10.3. The summed E-state index contributed by atoms with van der Waals surface area (Å²) in [6.45, 7) is 2.36. The smallest absolute Gasteiger partial charge is 0.276 e. The van der Waals surface area contributed by atoms with Crippen LogP contribution in [0.2, 0.25) is 0 Å². The predicted octanol–water partition coefficient (Wildman–Crippen LogP) is 0.579. The second kappa shape index (κ2) is 6.38. The van der Waals surface area contributed by atoms with Crippen LogP contribution < -0.4 is 16.0 Å². The fourth-order valence-corrected chi connectivity index (χ4v) is 1.27. The average molecular weight is 253 g/mol. The summed E-state index contributed by atoms with van der Waals surface area (Å²) in [4.78, 5) is 25.5. The molecule has 3 N–H and O–H groups in total. The number of amides is 1. The molecule has 8 heteroatoms. The number of aromatic nitrogens is 1. The molecular formula is C10H15N5O3. The SMILES string of the molecule is CCNC(=O)CNc1cc([N+](=O)[O-])cc(NC)n1. The van der Waals surface area contributed by atoms with Crippen molar-refractivity contribution in [1.82, 2.24) is 10.3 Å². The van der Waals surface area contributed by atoms with Gasteiger partial charge in [0.05, 0.1) is 23.6 Å². The van der Waals surface area contributed by atoms with Crippen LogP contribution in [0.25, 0.3) is 0 Å². The monoisotopic (exact) mass is 253 g/mol. The number of anilines is 2. The summed E-state index contributed by atoms with van der Waals surface area (Å²) in [6, 6.07) is 2.59. The van der Waals surface area contributed by atoms with E-state index in [-0.39, 0.29) is 24.0 Å². The van der Waals surface area contributed by atoms with E-state index in [9.17, 15) is 14.9 Å². The minimum Gasteiger partial charge on any atom is -0.373 e. The van der Waals surface area contributed by atoms with Crippen molar-refractivity contribution in [3.63, 3.8) is 0 Å². The number of carbonyl (C=O) groups excluding carboxylic acids is 1. The standard InChI is InChI=1S/C10H15N5O3/c1-3-12-10(16)6-13-9-5-7(15(17)18)4-8(11-2)14-9/h4-5H,3,6H2,1-2H3,(H,12,16)(H2,11,13,14). The lowest BCUT2D eigenvalue weighted by Crippen LogP contribution is -2.29. The Morgan fingerprint density at radius 1 is 1.44 bits per heavy atom. The van der Waals surface area contributed by atoms with Crippen LogP contribution in [0.1, 0.15) is 6.92 Å². The summed E-state index contributed by atoms with van der Waals surface area (Å²) in [7, 11) is 1.61. The highest BCUT2D eigenvalue weighted by Gasteiger charge is 2.11. The molecule has 1 amide bonds. The molecule has 0 saturated heterocycles. The fraction of sp³-hybridized carbons (Fsp3) is 0.400. The van der Waals surface area contributed by atoms with Gasteiger partial charge in [-0.2, -0.15) is 0 Å². The molecule has 1 aromatic heterocycles. The Morgan fingerprint density at radius 2 is 2.11 bits per heavy atom. The van der Waals surface area contributed by atoms with Crippen molar-refractivity contribution in [1.29, 1.82) is 0 Å². The molecule has 1 aromatic rings. The van der Waals surface area contributed by atoms with Crippen molar-refractivity contribution in [3.05, 3.63) is 22.2 Å². The minimum absolute atomic E-state index is 0.0190. The molecule has 0 saturated carbocycles. The van der Waals surface area contributed by atoms with E-state index in [1.54, 1.807) is 7.05 Å². The number of carbonyl (C=O) groups is 1. The maximum atomic E-state index is 11.2. The Hall–Kier alpha value is -2.38. The number of likely N-dealkylation sites (N-methyl/N-ethyl adjacent to an activating group) is 1. The number of pyridine rings is 1. The lowest BCUT2D eigenvalue weighted by Gasteiger charge is -2.07. The number of hydrogen-bond acceptors (Lipinski definition) is 6. The van der Waals surface area contributed by atoms with E-state index in [2.05, 4.69) is 20.9 Å². The molecule has 0 spiro atoms. The van der Waals surface area contributed by atoms with Crippen molar-refractivity contribution in [2.24, 2.45) is 0 Å². The largest absolute Gasteiger partial charge is 0.373 e. The molecule has 1 rings (SSSR count). The summed E-state index contributed by atoms with van der Waals surface area (Å²) in [5, 5.41) is 18.8. The van der Waals surface area contributed by atoms with Crippen LogP contribution in [0.15, 0.2) is 12.1 Å². The van der Waals surface area contributed by atoms with E-state index in [1.807, 2.05) is 6.92 Å². The Bertz CT molecular complexity index is 449. The van der Waals surface area contributed by atoms with Gasteiger partial charge in [-0.3, -0.25) is 14.9 Å². The van der Waals surface area contributed by atoms with Gasteiger partial charge >= 0.3 is 0 Å². The molecule has 0 aliphatic heterocycles. The van der Waals surface area contributed by atoms with Crippen LogP contribution in [0.4, 0.5) is 17.3 Å². The molecular weight excluding hydrogens is 238 g/mol. The highest BCUT2D eigenvalue weighted by atomic mass is 16.6. The van der Waals surface area contributed by atoms with E-state index in [1.165, 1.54) is 12.1 Å². The first-order chi connectivity index (χ1) is 8.56. The van der Waals surface area contributed by atoms with Crippen molar-refractivity contribution >= 4 is 23.2 Å². The molecule has 0 aliphatic carbocycles. The molecule has 18 heavy (non-hydrogen) atoms. The summed E-state index contributed by atoms with van der Waals surface area (Å²) in [5.74, 6) is 0.444. The Balaban J connectivity index is 2.78. The van der Waals surface area contributed by atoms with Gasteiger partial charge in [-0.1, -0.05) is 0 Å². The summed E-state index contributed by atoms with van der Waals surface area (Å²) < 4.78 is 0. The fourth-order valence-electron chi connectivity index (χ4n) is 1.27. The van der Waals surface area contributed by atoms with Crippen molar-refractivity contribution < 1.29 is 9.72 Å². The highest BCUT2D eigenvalue weighted by molar-refractivity contribution is 5.80. The van der Waals surface area contributed by atoms with E-state index in [4.69, 9.17) is 0 Å². The van der Waals surface area contributed by atoms with E-state index in [0.717, 1.165) is 0 Å². The normalized spacial score (nSPS) is 9.67. The van der Waals surface area contributed by atoms with Gasteiger partial charge in [-0.05, 0) is 6.92 Å². The third-order valence-electron chi connectivity index (χ3n) is 2.08. The van der Waals surface area contributed by atoms with Gasteiger partial charge in [0, 0.05) is 13.6 Å². The van der Waals surface area contributed by atoms with Gasteiger partial charge in [-0.15, -0.1) is 0 Å². The predicted molar refractivity (Wildman–Crippen MR) is 67.6 cm³/mol. The first-order valence-electron chi connectivity index (χ1n) is 5.41. The molecule has 0 atom stereocenters. The number of hydrogen-bond donors (Lipinski definition) is 3. The van der Waals surface area contributed by atoms with Gasteiger partial charge in [-0.25, -0.2) is 4.98 Å². The second-order valence-corrected chi connectivity index (χ2v) is 3.41. The Morgan fingerprint density at radius 3 is 2.67 bits per heavy atom. The molecule has 98 valence electrons. The average Bonchev–Trinajstić information content (AvgIpc) is 2.36. The van der Waals surface area contributed by atoms with Gasteiger partial charge in [0.25, 0.3) is 5.69 Å². The van der Waals surface area contributed by atoms with Crippen LogP contribution in [0.5, 0.6) is 0 Å². The van der Waals surface area contributed by atoms with Crippen molar-refractivity contribution in [2.75, 3.05) is 30.8 Å². The topological polar surface area (TPSA) is 109 Å². The number of nitrogens with one attached hydrogen (secondary N) is 3. The zero-order chi connectivity index (χ0) is 13.5. The first-order valence-corrected chi connectivity index (χ1v) is 5.41. The van der Waals surface area contributed by atoms with Crippen LogP contribution in [-0.2, 0) is 4.79 Å². The summed E-state index contributed by atoms with van der Waals surface area (Å²) >= 11 is 0. The van der Waals surface area contributed by atoms with Crippen molar-refractivity contribution in [2.45, 2.75) is 6.92 Å². The Labute approximate surface area is 104 Å². The third-order valence-corrected chi connectivity index (χ3v) is 2.08. The maximum Gasteiger partial charge on any atom is 0.276 e. The molecule has 8 nitrogen and oxygen atoms in total. The number of nitro groups is 1. The molecule has 0 aliphatic rings. The van der Waals surface area contributed by atoms with Gasteiger partial charge in [0.15, 0.2) is 0 Å². The van der Waals surface area contributed by atoms with Crippen molar-refractivity contribution in [3.8, 4) is 0 Å². The van der Waals surface area contributed by atoms with E-state index < -0.39 is 4.92 Å². The minimum atomic E-state index is -0.514. The molecule has 0 fully saturated rings. The maximum absolute atomic E-state index is 11.2. The Kier molecular flexibility index (Phi) is 4.85. The van der Waals surface area contributed by atoms with Crippen LogP contribution >= 0.6 is 0 Å². The van der Waals surface area contributed by atoms with Gasteiger partial charge < -0.3 is 16.0 Å². The van der Waals surface area contributed by atoms with E-state index in [0.29, 0.717) is 12.4 Å². The molecule has 1 heterocycles.